The van der Waals surface area contributed by atoms with Crippen molar-refractivity contribution in [2.24, 2.45) is 5.41 Å². The highest BCUT2D eigenvalue weighted by Crippen LogP contribution is 2.44. The Hall–Kier alpha value is -4.21. The van der Waals surface area contributed by atoms with Crippen LogP contribution in [0.4, 0.5) is 25.7 Å². The molecule has 0 bridgehead atoms. The molecule has 3 aromatic heterocycles. The molecule has 1 N–H and O–H groups in total. The van der Waals surface area contributed by atoms with Gasteiger partial charge in [-0.1, -0.05) is 18.3 Å². The second-order valence-corrected chi connectivity index (χ2v) is 12.7. The maximum Gasteiger partial charge on any atom is 0.320 e. The zero-order valence-electron chi connectivity index (χ0n) is 23.7. The van der Waals surface area contributed by atoms with Crippen molar-refractivity contribution < 1.29 is 14.3 Å². The molecular weight excluding hydrogens is 555 g/mol. The first-order chi connectivity index (χ1) is 20.2. The van der Waals surface area contributed by atoms with Gasteiger partial charge in [0.15, 0.2) is 5.13 Å². The number of nitriles is 1. The number of urea groups is 1. The molecule has 0 atom stereocenters. The molecule has 0 unspecified atom stereocenters. The summed E-state index contributed by atoms with van der Waals surface area (Å²) in [6.07, 6.45) is 0.338. The number of thiazole rings is 1. The Morgan fingerprint density at radius 3 is 2.55 bits per heavy atom. The van der Waals surface area contributed by atoms with E-state index in [2.05, 4.69) is 36.9 Å². The highest BCUT2D eigenvalue weighted by atomic mass is 32.1. The molecule has 216 valence electrons. The lowest BCUT2D eigenvalue weighted by molar-refractivity contribution is -0.0329. The molecule has 7 rings (SSSR count). The van der Waals surface area contributed by atoms with Gasteiger partial charge < -0.3 is 24.7 Å². The monoisotopic (exact) mass is 586 g/mol. The van der Waals surface area contributed by atoms with E-state index in [0.29, 0.717) is 34.4 Å². The molecule has 3 fully saturated rings. The molecule has 4 aromatic rings. The number of aliphatic hydroxyl groups is 1. The van der Waals surface area contributed by atoms with Crippen LogP contribution in [0.3, 0.4) is 0 Å². The fourth-order valence-corrected chi connectivity index (χ4v) is 7.25. The lowest BCUT2D eigenvalue weighted by atomic mass is 9.72. The van der Waals surface area contributed by atoms with E-state index in [1.165, 1.54) is 23.5 Å². The molecule has 0 radical (unpaired) electrons. The SMILES string of the molecule is CCc1nn2c(C)cc(N3CC4(CN(C(=O)N5CC(O)C5)C4)C3)cc2c1N(C)c1nc(-c2ccc(F)cc2)c(C#N)s1. The number of halogens is 1. The molecule has 1 spiro atoms. The molecular formula is C30H31FN8O2S. The highest BCUT2D eigenvalue weighted by molar-refractivity contribution is 7.16. The van der Waals surface area contributed by atoms with Crippen LogP contribution in [0.2, 0.25) is 0 Å². The molecule has 3 aliphatic heterocycles. The van der Waals surface area contributed by atoms with Crippen LogP contribution in [0.25, 0.3) is 16.8 Å². The van der Waals surface area contributed by atoms with Crippen molar-refractivity contribution in [2.75, 3.05) is 56.1 Å². The van der Waals surface area contributed by atoms with Crippen LogP contribution in [0.15, 0.2) is 36.4 Å². The third kappa shape index (κ3) is 4.18. The number of pyridine rings is 1. The number of rotatable bonds is 5. The van der Waals surface area contributed by atoms with E-state index in [1.54, 1.807) is 17.0 Å². The number of carbonyl (C=O) groups is 1. The number of fused-ring (bicyclic) bond motifs is 1. The van der Waals surface area contributed by atoms with Crippen LogP contribution in [0.1, 0.15) is 23.2 Å². The van der Waals surface area contributed by atoms with Gasteiger partial charge in [-0.05, 0) is 49.7 Å². The van der Waals surface area contributed by atoms with Crippen molar-refractivity contribution in [2.45, 2.75) is 26.4 Å². The first-order valence-electron chi connectivity index (χ1n) is 14.1. The molecule has 1 aromatic carbocycles. The lowest BCUT2D eigenvalue weighted by Crippen LogP contribution is -2.75. The summed E-state index contributed by atoms with van der Waals surface area (Å²) < 4.78 is 15.5. The van der Waals surface area contributed by atoms with E-state index in [1.807, 2.05) is 21.4 Å². The van der Waals surface area contributed by atoms with Crippen molar-refractivity contribution in [3.63, 3.8) is 0 Å². The van der Waals surface area contributed by atoms with Crippen molar-refractivity contribution in [3.05, 3.63) is 58.5 Å². The predicted molar refractivity (Wildman–Crippen MR) is 159 cm³/mol. The fraction of sp³-hybridized carbons (Fsp3) is 0.400. The number of aliphatic hydroxyl groups excluding tert-OH is 1. The summed E-state index contributed by atoms with van der Waals surface area (Å²) >= 11 is 1.31. The predicted octanol–water partition coefficient (Wildman–Crippen LogP) is 4.03. The van der Waals surface area contributed by atoms with Crippen LogP contribution in [-0.2, 0) is 6.42 Å². The number of anilines is 3. The Kier molecular flexibility index (Phi) is 6.14. The summed E-state index contributed by atoms with van der Waals surface area (Å²) in [5, 5.41) is 24.9. The summed E-state index contributed by atoms with van der Waals surface area (Å²) in [5.74, 6) is -0.335. The molecule has 0 aliphatic carbocycles. The Morgan fingerprint density at radius 1 is 1.19 bits per heavy atom. The fourth-order valence-electron chi connectivity index (χ4n) is 6.39. The number of amides is 2. The van der Waals surface area contributed by atoms with E-state index < -0.39 is 0 Å². The molecule has 12 heteroatoms. The van der Waals surface area contributed by atoms with Crippen molar-refractivity contribution in [3.8, 4) is 17.3 Å². The Balaban J connectivity index is 1.15. The quantitative estimate of drug-likeness (QED) is 0.377. The molecule has 6 heterocycles. The minimum Gasteiger partial charge on any atom is -0.389 e. The summed E-state index contributed by atoms with van der Waals surface area (Å²) in [5.41, 5.74) is 6.33. The number of nitrogens with zero attached hydrogens (tertiary/aromatic N) is 8. The van der Waals surface area contributed by atoms with Gasteiger partial charge in [-0.25, -0.2) is 18.7 Å². The minimum atomic E-state index is -0.386. The number of hydrogen-bond donors (Lipinski definition) is 1. The van der Waals surface area contributed by atoms with Crippen molar-refractivity contribution >= 4 is 39.4 Å². The van der Waals surface area contributed by atoms with E-state index >= 15 is 0 Å². The van der Waals surface area contributed by atoms with Crippen LogP contribution in [-0.4, -0.2) is 88.0 Å². The number of likely N-dealkylation sites (tertiary alicyclic amines) is 2. The van der Waals surface area contributed by atoms with Crippen molar-refractivity contribution in [1.29, 1.82) is 5.26 Å². The normalized spacial score (nSPS) is 17.7. The number of hydrogen-bond acceptors (Lipinski definition) is 8. The van der Waals surface area contributed by atoms with Gasteiger partial charge >= 0.3 is 6.03 Å². The third-order valence-corrected chi connectivity index (χ3v) is 9.64. The largest absolute Gasteiger partial charge is 0.389 e. The topological polar surface area (TPSA) is 104 Å². The molecule has 10 nitrogen and oxygen atoms in total. The molecule has 3 saturated heterocycles. The third-order valence-electron chi connectivity index (χ3n) is 8.61. The van der Waals surface area contributed by atoms with E-state index in [-0.39, 0.29) is 23.4 Å². The highest BCUT2D eigenvalue weighted by Gasteiger charge is 2.54. The summed E-state index contributed by atoms with van der Waals surface area (Å²) in [4.78, 5) is 25.8. The van der Waals surface area contributed by atoms with E-state index in [4.69, 9.17) is 10.1 Å². The molecule has 42 heavy (non-hydrogen) atoms. The lowest BCUT2D eigenvalue weighted by Gasteiger charge is -2.61. The zero-order valence-corrected chi connectivity index (χ0v) is 24.5. The van der Waals surface area contributed by atoms with Crippen LogP contribution < -0.4 is 9.80 Å². The first-order valence-corrected chi connectivity index (χ1v) is 14.9. The number of aromatic nitrogens is 3. The second kappa shape index (κ2) is 9.68. The number of benzene rings is 1. The summed E-state index contributed by atoms with van der Waals surface area (Å²) in [6.45, 7) is 8.26. The molecule has 0 saturated carbocycles. The molecule has 2 amide bonds. The standard InChI is InChI=1S/C30H31FN8O2S/c1-4-23-27(35(3)28-33-26(25(11-32)42-28)19-5-7-20(31)8-6-19)24-10-21(9-18(2)39(24)34-23)37-14-30(15-37)16-38(17-30)29(41)36-12-22(40)13-36/h5-10,22,40H,4,12-17H2,1-3H3. The second-order valence-electron chi connectivity index (χ2n) is 11.7. The van der Waals surface area contributed by atoms with Crippen molar-refractivity contribution in [1.82, 2.24) is 24.4 Å². The molecule has 3 aliphatic rings. The van der Waals surface area contributed by atoms with Crippen LogP contribution >= 0.6 is 11.3 Å². The van der Waals surface area contributed by atoms with Gasteiger partial charge in [0.25, 0.3) is 0 Å². The maximum absolute atomic E-state index is 13.5. The van der Waals surface area contributed by atoms with Gasteiger partial charge in [0.05, 0.1) is 36.1 Å². The average Bonchev–Trinajstić information content (AvgIpc) is 3.52. The smallest absolute Gasteiger partial charge is 0.320 e. The maximum atomic E-state index is 13.5. The summed E-state index contributed by atoms with van der Waals surface area (Å²) in [6, 6.07) is 12.6. The van der Waals surface area contributed by atoms with E-state index in [9.17, 15) is 19.6 Å². The van der Waals surface area contributed by atoms with Gasteiger partial charge in [-0.15, -0.1) is 0 Å². The van der Waals surface area contributed by atoms with Gasteiger partial charge in [0.2, 0.25) is 0 Å². The number of carbonyl (C=O) groups excluding carboxylic acids is 1. The van der Waals surface area contributed by atoms with Gasteiger partial charge in [0, 0.05) is 55.6 Å². The zero-order chi connectivity index (χ0) is 29.3. The minimum absolute atomic E-state index is 0.0324. The van der Waals surface area contributed by atoms with Gasteiger partial charge in [-0.2, -0.15) is 10.4 Å². The number of aryl methyl sites for hydroxylation is 2. The van der Waals surface area contributed by atoms with Crippen LogP contribution in [0, 0.1) is 29.5 Å². The first kappa shape index (κ1) is 26.7. The summed E-state index contributed by atoms with van der Waals surface area (Å²) in [7, 11) is 1.95. The number of β-amino-alcohol motifs (C(OH)–C–C–N with tert-alkyl or cyclic N) is 1. The Bertz CT molecular complexity index is 1740. The van der Waals surface area contributed by atoms with Crippen LogP contribution in [0.5, 0.6) is 0 Å². The average molecular weight is 587 g/mol. The Morgan fingerprint density at radius 2 is 1.90 bits per heavy atom. The van der Waals surface area contributed by atoms with Gasteiger partial charge in [-0.3, -0.25) is 0 Å². The van der Waals surface area contributed by atoms with Gasteiger partial charge in [0.1, 0.15) is 22.5 Å². The Labute approximate surface area is 246 Å². The van der Waals surface area contributed by atoms with E-state index in [0.717, 1.165) is 60.9 Å².